The van der Waals surface area contributed by atoms with Gasteiger partial charge >= 0.3 is 0 Å². The summed E-state index contributed by atoms with van der Waals surface area (Å²) in [5.41, 5.74) is 10.5. The van der Waals surface area contributed by atoms with E-state index in [2.05, 4.69) is 102 Å². The van der Waals surface area contributed by atoms with Crippen LogP contribution in [0.2, 0.25) is 0 Å². The summed E-state index contributed by atoms with van der Waals surface area (Å²) >= 11 is 2.43. The minimum absolute atomic E-state index is 0.955. The zero-order valence-electron chi connectivity index (χ0n) is 17.0. The van der Waals surface area contributed by atoms with Crippen LogP contribution in [0.4, 0.5) is 11.4 Å². The molecule has 142 valence electrons. The topological polar surface area (TPSA) is 27.3 Å². The third kappa shape index (κ3) is 5.88. The average Bonchev–Trinajstić information content (AvgIpc) is 2.52. The lowest BCUT2D eigenvalue weighted by molar-refractivity contribution is 0.543. The maximum Gasteiger partial charge on any atom is 0.0400 e. The van der Waals surface area contributed by atoms with Gasteiger partial charge in [-0.15, -0.1) is 0 Å². The van der Waals surface area contributed by atoms with E-state index in [4.69, 9.17) is 0 Å². The van der Waals surface area contributed by atoms with Crippen LogP contribution in [-0.2, 0) is 0 Å². The second-order valence-corrected chi connectivity index (χ2v) is 8.68. The summed E-state index contributed by atoms with van der Waals surface area (Å²) in [7, 11) is 0. The van der Waals surface area contributed by atoms with E-state index >= 15 is 0 Å². The maximum atomic E-state index is 3.61. The van der Waals surface area contributed by atoms with Gasteiger partial charge in [0.25, 0.3) is 0 Å². The molecule has 0 spiro atoms. The van der Waals surface area contributed by atoms with Gasteiger partial charge in [0.05, 0.1) is 0 Å². The molecular formula is C22H32IN3. The van der Waals surface area contributed by atoms with Crippen LogP contribution < -0.4 is 10.6 Å². The number of hydrogen-bond acceptors (Lipinski definition) is 3. The van der Waals surface area contributed by atoms with E-state index in [9.17, 15) is 0 Å². The minimum atomic E-state index is 0.955. The number of rotatable bonds is 8. The zero-order valence-corrected chi connectivity index (χ0v) is 19.1. The standard InChI is InChI=1S/C22H32IN3/c1-15-11-17(3)21(18(4)12-15)24-7-9-26(23)10-8-25-22-19(5)13-16(2)14-20(22)6/h11-14,24-25H,7-10H2,1-6H3. The largest absolute Gasteiger partial charge is 0.383 e. The lowest BCUT2D eigenvalue weighted by Crippen LogP contribution is -2.26. The number of aryl methyl sites for hydroxylation is 6. The van der Waals surface area contributed by atoms with Gasteiger partial charge in [-0.3, -0.25) is 0 Å². The maximum absolute atomic E-state index is 3.61. The van der Waals surface area contributed by atoms with E-state index in [1.54, 1.807) is 0 Å². The molecule has 0 aliphatic rings. The molecule has 2 aromatic carbocycles. The van der Waals surface area contributed by atoms with Crippen molar-refractivity contribution in [2.45, 2.75) is 41.5 Å². The van der Waals surface area contributed by atoms with Crippen LogP contribution in [0, 0.1) is 41.5 Å². The first-order valence-corrected chi connectivity index (χ1v) is 10.3. The summed E-state index contributed by atoms with van der Waals surface area (Å²) in [5.74, 6) is 0. The summed E-state index contributed by atoms with van der Waals surface area (Å²) in [6.45, 7) is 17.0. The van der Waals surface area contributed by atoms with E-state index in [1.807, 2.05) is 0 Å². The quantitative estimate of drug-likeness (QED) is 0.386. The van der Waals surface area contributed by atoms with Crippen LogP contribution in [0.3, 0.4) is 0 Å². The molecule has 0 aliphatic heterocycles. The van der Waals surface area contributed by atoms with Crippen molar-refractivity contribution >= 4 is 34.2 Å². The third-order valence-electron chi connectivity index (χ3n) is 4.67. The van der Waals surface area contributed by atoms with E-state index in [0.717, 1.165) is 26.2 Å². The molecular weight excluding hydrogens is 433 g/mol. The van der Waals surface area contributed by atoms with E-state index in [0.29, 0.717) is 0 Å². The van der Waals surface area contributed by atoms with Gasteiger partial charge < -0.3 is 10.6 Å². The summed E-state index contributed by atoms with van der Waals surface area (Å²) in [6, 6.07) is 8.97. The first kappa shape index (κ1) is 21.0. The van der Waals surface area contributed by atoms with E-state index in [1.165, 1.54) is 44.8 Å². The highest BCUT2D eigenvalue weighted by molar-refractivity contribution is 14.1. The summed E-state index contributed by atoms with van der Waals surface area (Å²) in [4.78, 5) is 0. The highest BCUT2D eigenvalue weighted by atomic mass is 127. The molecule has 2 N–H and O–H groups in total. The van der Waals surface area contributed by atoms with Crippen molar-refractivity contribution in [3.63, 3.8) is 0 Å². The predicted molar refractivity (Wildman–Crippen MR) is 124 cm³/mol. The number of nitrogens with one attached hydrogen (secondary N) is 2. The molecule has 0 unspecified atom stereocenters. The van der Waals surface area contributed by atoms with E-state index < -0.39 is 0 Å². The molecule has 0 saturated carbocycles. The second kappa shape index (κ2) is 9.60. The number of anilines is 2. The highest BCUT2D eigenvalue weighted by Gasteiger charge is 2.06. The zero-order chi connectivity index (χ0) is 19.3. The second-order valence-electron chi connectivity index (χ2n) is 7.31. The molecule has 0 saturated heterocycles. The molecule has 2 rings (SSSR count). The lowest BCUT2D eigenvalue weighted by atomic mass is 10.1. The number of nitrogens with zero attached hydrogens (tertiary/aromatic N) is 1. The SMILES string of the molecule is Cc1cc(C)c(NCCN(I)CCNc2c(C)cc(C)cc2C)c(C)c1. The lowest BCUT2D eigenvalue weighted by Gasteiger charge is -2.19. The Balaban J connectivity index is 1.77. The van der Waals surface area contributed by atoms with Gasteiger partial charge in [0.15, 0.2) is 0 Å². The minimum Gasteiger partial charge on any atom is -0.383 e. The van der Waals surface area contributed by atoms with Crippen molar-refractivity contribution in [1.82, 2.24) is 3.11 Å². The molecule has 0 heterocycles. The van der Waals surface area contributed by atoms with Gasteiger partial charge in [-0.25, -0.2) is 3.11 Å². The number of benzene rings is 2. The molecule has 0 bridgehead atoms. The van der Waals surface area contributed by atoms with Crippen molar-refractivity contribution in [1.29, 1.82) is 0 Å². The highest BCUT2D eigenvalue weighted by Crippen LogP contribution is 2.22. The predicted octanol–water partition coefficient (Wildman–Crippen LogP) is 5.71. The van der Waals surface area contributed by atoms with Gasteiger partial charge in [0.1, 0.15) is 0 Å². The van der Waals surface area contributed by atoms with Crippen LogP contribution in [0.15, 0.2) is 24.3 Å². The van der Waals surface area contributed by atoms with Crippen LogP contribution >= 0.6 is 22.9 Å². The Labute approximate surface area is 173 Å². The molecule has 4 heteroatoms. The van der Waals surface area contributed by atoms with Crippen molar-refractivity contribution in [2.24, 2.45) is 0 Å². The monoisotopic (exact) mass is 465 g/mol. The first-order chi connectivity index (χ1) is 12.3. The molecule has 0 aromatic heterocycles. The van der Waals surface area contributed by atoms with Crippen molar-refractivity contribution in [2.75, 3.05) is 36.8 Å². The van der Waals surface area contributed by atoms with Gasteiger partial charge in [-0.05, 0) is 63.8 Å². The Morgan fingerprint density at radius 2 is 0.962 bits per heavy atom. The summed E-state index contributed by atoms with van der Waals surface area (Å²) in [6.07, 6.45) is 0. The van der Waals surface area contributed by atoms with Crippen LogP contribution in [0.25, 0.3) is 0 Å². The molecule has 3 nitrogen and oxygen atoms in total. The fourth-order valence-corrected chi connectivity index (χ4v) is 4.12. The molecule has 0 radical (unpaired) electrons. The molecule has 26 heavy (non-hydrogen) atoms. The van der Waals surface area contributed by atoms with Crippen LogP contribution in [0.1, 0.15) is 33.4 Å². The Bertz CT molecular complexity index is 646. The van der Waals surface area contributed by atoms with Gasteiger partial charge in [0, 0.05) is 60.4 Å². The van der Waals surface area contributed by atoms with Crippen LogP contribution in [0.5, 0.6) is 0 Å². The third-order valence-corrected chi connectivity index (χ3v) is 5.63. The Hall–Kier alpha value is -1.27. The van der Waals surface area contributed by atoms with Gasteiger partial charge in [-0.1, -0.05) is 35.4 Å². The molecule has 0 atom stereocenters. The molecule has 0 fully saturated rings. The molecule has 0 aliphatic carbocycles. The van der Waals surface area contributed by atoms with Crippen molar-refractivity contribution < 1.29 is 0 Å². The van der Waals surface area contributed by atoms with E-state index in [-0.39, 0.29) is 0 Å². The normalized spacial score (nSPS) is 11.1. The smallest absolute Gasteiger partial charge is 0.0400 e. The fourth-order valence-electron chi connectivity index (χ4n) is 3.63. The van der Waals surface area contributed by atoms with Gasteiger partial charge in [0.2, 0.25) is 0 Å². The Kier molecular flexibility index (Phi) is 7.77. The fraction of sp³-hybridized carbons (Fsp3) is 0.455. The van der Waals surface area contributed by atoms with Gasteiger partial charge in [-0.2, -0.15) is 0 Å². The average molecular weight is 465 g/mol. The Morgan fingerprint density at radius 1 is 0.654 bits per heavy atom. The van der Waals surface area contributed by atoms with Crippen LogP contribution in [-0.4, -0.2) is 29.3 Å². The Morgan fingerprint density at radius 3 is 1.27 bits per heavy atom. The number of halogens is 1. The summed E-state index contributed by atoms with van der Waals surface area (Å²) < 4.78 is 2.34. The van der Waals surface area contributed by atoms with Crippen molar-refractivity contribution in [3.05, 3.63) is 57.6 Å². The molecule has 2 aromatic rings. The number of hydrogen-bond donors (Lipinski definition) is 2. The first-order valence-electron chi connectivity index (χ1n) is 9.32. The van der Waals surface area contributed by atoms with Crippen molar-refractivity contribution in [3.8, 4) is 0 Å². The molecule has 0 amide bonds. The summed E-state index contributed by atoms with van der Waals surface area (Å²) in [5, 5.41) is 7.21.